The van der Waals surface area contributed by atoms with Gasteiger partial charge in [-0.2, -0.15) is 5.01 Å². The number of carbonyl (C=O) groups is 3. The van der Waals surface area contributed by atoms with E-state index in [0.29, 0.717) is 5.56 Å². The second-order valence-corrected chi connectivity index (χ2v) is 6.03. The third-order valence-corrected chi connectivity index (χ3v) is 4.21. The van der Waals surface area contributed by atoms with Gasteiger partial charge in [0.1, 0.15) is 0 Å². The molecule has 10 nitrogen and oxygen atoms in total. The van der Waals surface area contributed by atoms with Gasteiger partial charge in [-0.05, 0) is 36.8 Å². The number of nitro benzene ring substituents is 1. The molecule has 3 rings (SSSR count). The summed E-state index contributed by atoms with van der Waals surface area (Å²) in [7, 11) is 0. The molecule has 29 heavy (non-hydrogen) atoms. The maximum absolute atomic E-state index is 12.5. The first-order valence-corrected chi connectivity index (χ1v) is 8.69. The lowest BCUT2D eigenvalue weighted by Gasteiger charge is -2.23. The Bertz CT molecular complexity index is 931. The summed E-state index contributed by atoms with van der Waals surface area (Å²) >= 11 is 0. The van der Waals surface area contributed by atoms with Gasteiger partial charge in [-0.1, -0.05) is 18.2 Å². The maximum atomic E-state index is 12.5. The van der Waals surface area contributed by atoms with Crippen molar-refractivity contribution in [2.45, 2.75) is 19.1 Å². The van der Waals surface area contributed by atoms with Crippen molar-refractivity contribution in [1.29, 1.82) is 0 Å². The molecule has 1 aliphatic rings. The van der Waals surface area contributed by atoms with E-state index in [9.17, 15) is 24.5 Å². The largest absolute Gasteiger partial charge is 0.464 e. The molecule has 2 aromatic rings. The molecule has 1 saturated heterocycles. The second kappa shape index (κ2) is 8.38. The predicted molar refractivity (Wildman–Crippen MR) is 98.5 cm³/mol. The van der Waals surface area contributed by atoms with E-state index in [4.69, 9.17) is 9.47 Å². The number of hydrogen-bond acceptors (Lipinski definition) is 7. The van der Waals surface area contributed by atoms with E-state index in [0.717, 1.165) is 5.01 Å². The number of amides is 2. The molecule has 2 amide bonds. The molecule has 0 saturated carbocycles. The number of non-ortho nitro benzene ring substituents is 1. The average molecular weight is 399 g/mol. The maximum Gasteiger partial charge on any atom is 0.430 e. The first-order valence-electron chi connectivity index (χ1n) is 8.69. The minimum atomic E-state index is -1.29. The number of benzene rings is 2. The average Bonchev–Trinajstić information content (AvgIpc) is 3.05. The summed E-state index contributed by atoms with van der Waals surface area (Å²) in [6.07, 6.45) is -2.06. The van der Waals surface area contributed by atoms with E-state index in [2.05, 4.69) is 5.43 Å². The molecule has 2 atom stereocenters. The number of nitrogens with one attached hydrogen (secondary N) is 1. The molecular weight excluding hydrogens is 382 g/mol. The van der Waals surface area contributed by atoms with Crippen LogP contribution >= 0.6 is 0 Å². The van der Waals surface area contributed by atoms with Crippen LogP contribution in [0.15, 0.2) is 54.6 Å². The monoisotopic (exact) mass is 399 g/mol. The summed E-state index contributed by atoms with van der Waals surface area (Å²) in [5.74, 6) is -1.39. The van der Waals surface area contributed by atoms with Crippen molar-refractivity contribution in [3.8, 4) is 0 Å². The van der Waals surface area contributed by atoms with Crippen LogP contribution in [0.2, 0.25) is 0 Å². The molecular formula is C19H17N3O7. The summed E-state index contributed by atoms with van der Waals surface area (Å²) in [4.78, 5) is 47.6. The lowest BCUT2D eigenvalue weighted by molar-refractivity contribution is -0.384. The number of nitro groups is 1. The number of cyclic esters (lactones) is 1. The van der Waals surface area contributed by atoms with Crippen molar-refractivity contribution in [2.75, 3.05) is 6.61 Å². The quantitative estimate of drug-likeness (QED) is 0.448. The van der Waals surface area contributed by atoms with Crippen LogP contribution in [0.1, 0.15) is 28.9 Å². The summed E-state index contributed by atoms with van der Waals surface area (Å²) in [5.41, 5.74) is 2.85. The van der Waals surface area contributed by atoms with Gasteiger partial charge in [-0.3, -0.25) is 20.3 Å². The van der Waals surface area contributed by atoms with Crippen LogP contribution in [-0.2, 0) is 14.3 Å². The standard InChI is InChI=1S/C19H17N3O7/c1-2-28-18(24)15-16(12-8-10-14(11-9-12)22(26)27)29-19(25)21(15)20-17(23)13-6-4-3-5-7-13/h3-11,15-16H,2H2,1H3,(H,20,23)/t15-,16-/m0/s1. The molecule has 1 fully saturated rings. The van der Waals surface area contributed by atoms with Crippen LogP contribution in [-0.4, -0.2) is 40.6 Å². The number of hydrogen-bond donors (Lipinski definition) is 1. The van der Waals surface area contributed by atoms with Gasteiger partial charge in [-0.25, -0.2) is 9.59 Å². The van der Waals surface area contributed by atoms with Crippen LogP contribution in [0, 0.1) is 10.1 Å². The molecule has 0 aliphatic carbocycles. The Labute approximate surface area is 165 Å². The minimum Gasteiger partial charge on any atom is -0.464 e. The third-order valence-electron chi connectivity index (χ3n) is 4.21. The fourth-order valence-corrected chi connectivity index (χ4v) is 2.85. The Balaban J connectivity index is 1.89. The van der Waals surface area contributed by atoms with E-state index >= 15 is 0 Å². The van der Waals surface area contributed by atoms with Crippen molar-refractivity contribution in [3.63, 3.8) is 0 Å². The molecule has 10 heteroatoms. The summed E-state index contributed by atoms with van der Waals surface area (Å²) < 4.78 is 10.3. The topological polar surface area (TPSA) is 128 Å². The van der Waals surface area contributed by atoms with Gasteiger partial charge in [0.2, 0.25) is 0 Å². The number of ether oxygens (including phenoxy) is 2. The summed E-state index contributed by atoms with van der Waals surface area (Å²) in [6.45, 7) is 1.65. The summed E-state index contributed by atoms with van der Waals surface area (Å²) in [5, 5.41) is 11.6. The Kier molecular flexibility index (Phi) is 5.72. The highest BCUT2D eigenvalue weighted by molar-refractivity contribution is 5.96. The fraction of sp³-hybridized carbons (Fsp3) is 0.211. The number of esters is 1. The number of hydrazine groups is 1. The van der Waals surface area contributed by atoms with Gasteiger partial charge in [0.15, 0.2) is 12.1 Å². The van der Waals surface area contributed by atoms with Crippen LogP contribution in [0.5, 0.6) is 0 Å². The van der Waals surface area contributed by atoms with Crippen molar-refractivity contribution in [2.24, 2.45) is 0 Å². The Morgan fingerprint density at radius 3 is 2.41 bits per heavy atom. The minimum absolute atomic E-state index is 0.0526. The van der Waals surface area contributed by atoms with Gasteiger partial charge >= 0.3 is 12.1 Å². The lowest BCUT2D eigenvalue weighted by Crippen LogP contribution is -2.51. The normalized spacial score (nSPS) is 18.1. The smallest absolute Gasteiger partial charge is 0.430 e. The zero-order valence-electron chi connectivity index (χ0n) is 15.3. The third kappa shape index (κ3) is 4.15. The van der Waals surface area contributed by atoms with Crippen LogP contribution in [0.4, 0.5) is 10.5 Å². The molecule has 0 radical (unpaired) electrons. The highest BCUT2D eigenvalue weighted by Gasteiger charge is 2.49. The van der Waals surface area contributed by atoms with Gasteiger partial charge < -0.3 is 9.47 Å². The highest BCUT2D eigenvalue weighted by atomic mass is 16.6. The summed E-state index contributed by atoms with van der Waals surface area (Å²) in [6, 6.07) is 12.1. The zero-order valence-corrected chi connectivity index (χ0v) is 15.3. The molecule has 0 bridgehead atoms. The predicted octanol–water partition coefficient (Wildman–Crippen LogP) is 2.36. The first kappa shape index (κ1) is 19.8. The molecule has 0 aromatic heterocycles. The molecule has 1 heterocycles. The van der Waals surface area contributed by atoms with Crippen LogP contribution < -0.4 is 5.43 Å². The van der Waals surface area contributed by atoms with Crippen molar-refractivity contribution < 1.29 is 28.8 Å². The number of rotatable bonds is 6. The van der Waals surface area contributed by atoms with E-state index in [-0.39, 0.29) is 17.9 Å². The number of nitrogens with zero attached hydrogens (tertiary/aromatic N) is 2. The fourth-order valence-electron chi connectivity index (χ4n) is 2.85. The Morgan fingerprint density at radius 2 is 1.83 bits per heavy atom. The number of carbonyl (C=O) groups excluding carboxylic acids is 3. The van der Waals surface area contributed by atoms with E-state index in [1.807, 2.05) is 0 Å². The van der Waals surface area contributed by atoms with E-state index in [1.54, 1.807) is 37.3 Å². The molecule has 0 spiro atoms. The molecule has 1 N–H and O–H groups in total. The van der Waals surface area contributed by atoms with Crippen LogP contribution in [0.25, 0.3) is 0 Å². The van der Waals surface area contributed by atoms with Gasteiger partial charge in [0.05, 0.1) is 11.5 Å². The van der Waals surface area contributed by atoms with E-state index in [1.165, 1.54) is 24.3 Å². The van der Waals surface area contributed by atoms with Gasteiger partial charge in [0.25, 0.3) is 11.6 Å². The van der Waals surface area contributed by atoms with Crippen molar-refractivity contribution in [1.82, 2.24) is 10.4 Å². The van der Waals surface area contributed by atoms with Crippen molar-refractivity contribution in [3.05, 3.63) is 75.8 Å². The molecule has 0 unspecified atom stereocenters. The first-order chi connectivity index (χ1) is 13.9. The zero-order chi connectivity index (χ0) is 21.0. The van der Waals surface area contributed by atoms with E-state index < -0.39 is 35.0 Å². The Hall–Kier alpha value is -3.95. The van der Waals surface area contributed by atoms with Crippen molar-refractivity contribution >= 4 is 23.7 Å². The molecule has 2 aromatic carbocycles. The van der Waals surface area contributed by atoms with Gasteiger partial charge in [-0.15, -0.1) is 0 Å². The molecule has 150 valence electrons. The van der Waals surface area contributed by atoms with Crippen LogP contribution in [0.3, 0.4) is 0 Å². The highest BCUT2D eigenvalue weighted by Crippen LogP contribution is 2.33. The van der Waals surface area contributed by atoms with Gasteiger partial charge in [0, 0.05) is 17.7 Å². The molecule has 1 aliphatic heterocycles. The lowest BCUT2D eigenvalue weighted by atomic mass is 10.0. The second-order valence-electron chi connectivity index (χ2n) is 6.03. The Morgan fingerprint density at radius 1 is 1.17 bits per heavy atom. The SMILES string of the molecule is CCOC(=O)[C@@H]1[C@H](c2ccc([N+](=O)[O-])cc2)OC(=O)N1NC(=O)c1ccccc1.